The second-order valence-corrected chi connectivity index (χ2v) is 4.89. The first-order valence-electron chi connectivity index (χ1n) is 4.88. The maximum Gasteiger partial charge on any atom is 0.228 e. The molecule has 0 radical (unpaired) electrons. The van der Waals surface area contributed by atoms with Gasteiger partial charge in [-0.1, -0.05) is 13.3 Å². The second-order valence-electron chi connectivity index (χ2n) is 4.21. The van der Waals surface area contributed by atoms with E-state index < -0.39 is 0 Å². The highest BCUT2D eigenvalue weighted by molar-refractivity contribution is 6.31. The molecule has 82 valence electrons. The van der Waals surface area contributed by atoms with Gasteiger partial charge in [-0.2, -0.15) is 15.0 Å². The molecule has 1 N–H and O–H groups in total. The zero-order valence-corrected chi connectivity index (χ0v) is 9.94. The van der Waals surface area contributed by atoms with Crippen molar-refractivity contribution < 1.29 is 0 Å². The van der Waals surface area contributed by atoms with Crippen LogP contribution in [0.25, 0.3) is 0 Å². The Hall–Kier alpha value is -0.610. The van der Waals surface area contributed by atoms with E-state index >= 15 is 0 Å². The number of halogens is 2. The van der Waals surface area contributed by atoms with Gasteiger partial charge in [0.1, 0.15) is 0 Å². The van der Waals surface area contributed by atoms with Gasteiger partial charge >= 0.3 is 0 Å². The fraction of sp³-hybridized carbons (Fsp3) is 0.667. The first-order chi connectivity index (χ1) is 7.07. The maximum atomic E-state index is 5.66. The molecule has 0 spiro atoms. The number of nitrogens with zero attached hydrogens (tertiary/aromatic N) is 3. The molecule has 0 bridgehead atoms. The van der Waals surface area contributed by atoms with E-state index in [4.69, 9.17) is 23.2 Å². The van der Waals surface area contributed by atoms with E-state index in [9.17, 15) is 0 Å². The fourth-order valence-electron chi connectivity index (χ4n) is 1.65. The van der Waals surface area contributed by atoms with Crippen LogP contribution in [0.1, 0.15) is 26.2 Å². The van der Waals surface area contributed by atoms with Gasteiger partial charge in [0.25, 0.3) is 0 Å². The molecule has 1 aromatic heterocycles. The Kier molecular flexibility index (Phi) is 2.98. The minimum Gasteiger partial charge on any atom is -0.354 e. The molecule has 6 heteroatoms. The average molecular weight is 247 g/mol. The molecule has 0 amide bonds. The summed E-state index contributed by atoms with van der Waals surface area (Å²) in [5, 5.41) is 3.38. The Balaban J connectivity index is 1.98. The number of rotatable bonds is 3. The monoisotopic (exact) mass is 246 g/mol. The lowest BCUT2D eigenvalue weighted by Crippen LogP contribution is -2.33. The van der Waals surface area contributed by atoms with E-state index in [0.29, 0.717) is 11.4 Å². The zero-order valence-electron chi connectivity index (χ0n) is 8.43. The lowest BCUT2D eigenvalue weighted by atomic mass is 9.70. The van der Waals surface area contributed by atoms with Crippen molar-refractivity contribution in [2.24, 2.45) is 5.41 Å². The van der Waals surface area contributed by atoms with Crippen LogP contribution >= 0.6 is 23.2 Å². The molecule has 1 fully saturated rings. The molecule has 0 atom stereocenters. The standard InChI is InChI=1S/C9H12Cl2N4/c1-9(3-2-4-9)5-12-8-14-6(10)13-7(11)15-8/h2-5H2,1H3,(H,12,13,14,15). The molecule has 1 saturated carbocycles. The van der Waals surface area contributed by atoms with E-state index in [-0.39, 0.29) is 10.6 Å². The number of anilines is 1. The minimum absolute atomic E-state index is 0.122. The van der Waals surface area contributed by atoms with E-state index in [0.717, 1.165) is 6.54 Å². The Morgan fingerprint density at radius 1 is 1.20 bits per heavy atom. The van der Waals surface area contributed by atoms with E-state index in [1.807, 2.05) is 0 Å². The van der Waals surface area contributed by atoms with Crippen molar-refractivity contribution >= 4 is 29.2 Å². The van der Waals surface area contributed by atoms with Crippen LogP contribution in [0.4, 0.5) is 5.95 Å². The number of hydrogen-bond acceptors (Lipinski definition) is 4. The molecular formula is C9H12Cl2N4. The molecule has 0 aromatic carbocycles. The summed E-state index contributed by atoms with van der Waals surface area (Å²) >= 11 is 11.3. The summed E-state index contributed by atoms with van der Waals surface area (Å²) < 4.78 is 0. The maximum absolute atomic E-state index is 5.66. The molecule has 15 heavy (non-hydrogen) atoms. The van der Waals surface area contributed by atoms with Crippen LogP contribution in [0.2, 0.25) is 10.6 Å². The molecule has 0 saturated heterocycles. The summed E-state index contributed by atoms with van der Waals surface area (Å²) in [6.45, 7) is 3.09. The van der Waals surface area contributed by atoms with E-state index in [1.54, 1.807) is 0 Å². The summed E-state index contributed by atoms with van der Waals surface area (Å²) in [4.78, 5) is 11.6. The van der Waals surface area contributed by atoms with Crippen molar-refractivity contribution in [3.05, 3.63) is 10.6 Å². The summed E-state index contributed by atoms with van der Waals surface area (Å²) in [5.41, 5.74) is 0.367. The van der Waals surface area contributed by atoms with Gasteiger partial charge < -0.3 is 5.32 Å². The molecule has 2 rings (SSSR count). The summed E-state index contributed by atoms with van der Waals surface area (Å²) in [5.74, 6) is 0.452. The third-order valence-electron chi connectivity index (χ3n) is 2.81. The number of aromatic nitrogens is 3. The zero-order chi connectivity index (χ0) is 10.9. The second kappa shape index (κ2) is 4.10. The minimum atomic E-state index is 0.122. The third kappa shape index (κ3) is 2.69. The Morgan fingerprint density at radius 2 is 1.80 bits per heavy atom. The highest BCUT2D eigenvalue weighted by Gasteiger charge is 2.31. The van der Waals surface area contributed by atoms with Gasteiger partial charge in [-0.25, -0.2) is 0 Å². The normalized spacial score (nSPS) is 18.3. The largest absolute Gasteiger partial charge is 0.354 e. The van der Waals surface area contributed by atoms with E-state index in [1.165, 1.54) is 19.3 Å². The van der Waals surface area contributed by atoms with Crippen molar-refractivity contribution in [1.82, 2.24) is 15.0 Å². The van der Waals surface area contributed by atoms with Gasteiger partial charge in [0, 0.05) is 6.54 Å². The number of hydrogen-bond donors (Lipinski definition) is 1. The Morgan fingerprint density at radius 3 is 2.27 bits per heavy atom. The topological polar surface area (TPSA) is 50.7 Å². The quantitative estimate of drug-likeness (QED) is 0.892. The molecule has 0 unspecified atom stereocenters. The fourth-order valence-corrected chi connectivity index (χ4v) is 2.02. The molecule has 1 heterocycles. The van der Waals surface area contributed by atoms with Gasteiger partial charge in [-0.05, 0) is 41.5 Å². The van der Waals surface area contributed by atoms with Crippen LogP contribution in [-0.4, -0.2) is 21.5 Å². The van der Waals surface area contributed by atoms with Crippen LogP contribution in [0.3, 0.4) is 0 Å². The molecule has 4 nitrogen and oxygen atoms in total. The predicted molar refractivity (Wildman–Crippen MR) is 60.3 cm³/mol. The van der Waals surface area contributed by atoms with Gasteiger partial charge in [-0.15, -0.1) is 0 Å². The lowest BCUT2D eigenvalue weighted by Gasteiger charge is -2.38. The smallest absolute Gasteiger partial charge is 0.228 e. The Labute approximate surface area is 98.4 Å². The van der Waals surface area contributed by atoms with Crippen molar-refractivity contribution in [3.8, 4) is 0 Å². The first kappa shape index (κ1) is 10.9. The molecule has 1 aromatic rings. The van der Waals surface area contributed by atoms with Crippen molar-refractivity contribution in [2.45, 2.75) is 26.2 Å². The van der Waals surface area contributed by atoms with Crippen molar-refractivity contribution in [2.75, 3.05) is 11.9 Å². The van der Waals surface area contributed by atoms with Crippen molar-refractivity contribution in [1.29, 1.82) is 0 Å². The lowest BCUT2D eigenvalue weighted by molar-refractivity contribution is 0.179. The van der Waals surface area contributed by atoms with Crippen LogP contribution in [-0.2, 0) is 0 Å². The van der Waals surface area contributed by atoms with E-state index in [2.05, 4.69) is 27.2 Å². The number of nitrogens with one attached hydrogen (secondary N) is 1. The van der Waals surface area contributed by atoms with Crippen molar-refractivity contribution in [3.63, 3.8) is 0 Å². The molecule has 0 aliphatic heterocycles. The van der Waals surface area contributed by atoms with Gasteiger partial charge in [-0.3, -0.25) is 0 Å². The predicted octanol–water partition coefficient (Wildman–Crippen LogP) is 2.78. The average Bonchev–Trinajstić information content (AvgIpc) is 2.10. The van der Waals surface area contributed by atoms with Crippen LogP contribution in [0.5, 0.6) is 0 Å². The SMILES string of the molecule is CC1(CNc2nc(Cl)nc(Cl)n2)CCC1. The summed E-state index contributed by atoms with van der Waals surface area (Å²) in [7, 11) is 0. The highest BCUT2D eigenvalue weighted by atomic mass is 35.5. The van der Waals surface area contributed by atoms with Crippen LogP contribution in [0.15, 0.2) is 0 Å². The van der Waals surface area contributed by atoms with Crippen LogP contribution < -0.4 is 5.32 Å². The first-order valence-corrected chi connectivity index (χ1v) is 5.64. The van der Waals surface area contributed by atoms with Gasteiger partial charge in [0.15, 0.2) is 0 Å². The molecule has 1 aliphatic rings. The molecular weight excluding hydrogens is 235 g/mol. The third-order valence-corrected chi connectivity index (χ3v) is 3.15. The van der Waals surface area contributed by atoms with Gasteiger partial charge in [0.2, 0.25) is 16.5 Å². The van der Waals surface area contributed by atoms with Crippen LogP contribution in [0, 0.1) is 5.41 Å². The Bertz CT molecular complexity index is 345. The summed E-state index contributed by atoms with van der Waals surface area (Å²) in [6, 6.07) is 0. The summed E-state index contributed by atoms with van der Waals surface area (Å²) in [6.07, 6.45) is 3.79. The molecule has 1 aliphatic carbocycles. The van der Waals surface area contributed by atoms with Gasteiger partial charge in [0.05, 0.1) is 0 Å². The highest BCUT2D eigenvalue weighted by Crippen LogP contribution is 2.39.